The molecule has 0 unspecified atom stereocenters. The molecule has 0 radical (unpaired) electrons. The third kappa shape index (κ3) is 5.49. The molecular formula is C15H25N3OS. The zero-order chi connectivity index (χ0) is 15.5. The Balaban J connectivity index is 2.80. The molecule has 1 atom stereocenters. The van der Waals surface area contributed by atoms with Crippen molar-refractivity contribution in [3.63, 3.8) is 0 Å². The number of nitrogens with zero attached hydrogens (tertiary/aromatic N) is 2. The predicted molar refractivity (Wildman–Crippen MR) is 84.1 cm³/mol. The van der Waals surface area contributed by atoms with Crippen LogP contribution in [0.15, 0.2) is 11.1 Å². The van der Waals surface area contributed by atoms with Crippen LogP contribution in [0.1, 0.15) is 59.0 Å². The quantitative estimate of drug-likeness (QED) is 0.684. The van der Waals surface area contributed by atoms with Gasteiger partial charge in [0.05, 0.1) is 5.25 Å². The van der Waals surface area contributed by atoms with E-state index in [-0.39, 0.29) is 22.6 Å². The van der Waals surface area contributed by atoms with Crippen molar-refractivity contribution in [2.75, 3.05) is 0 Å². The summed E-state index contributed by atoms with van der Waals surface area (Å²) < 4.78 is 0. The van der Waals surface area contributed by atoms with Crippen LogP contribution in [0.4, 0.5) is 0 Å². The molecule has 1 aromatic rings. The van der Waals surface area contributed by atoms with Crippen molar-refractivity contribution in [3.8, 4) is 0 Å². The van der Waals surface area contributed by atoms with Gasteiger partial charge in [-0.25, -0.2) is 9.97 Å². The first-order valence-corrected chi connectivity index (χ1v) is 7.80. The molecule has 0 bridgehead atoms. The van der Waals surface area contributed by atoms with Crippen LogP contribution >= 0.6 is 11.8 Å². The molecule has 0 saturated heterocycles. The average molecular weight is 295 g/mol. The SMILES string of the molecule is Cc1cc(S[C@@H](C)C(=O)NC(C)(C)C)nc(C(C)C)n1. The van der Waals surface area contributed by atoms with Crippen LogP contribution in [-0.2, 0) is 4.79 Å². The lowest BCUT2D eigenvalue weighted by atomic mass is 10.1. The fourth-order valence-electron chi connectivity index (χ4n) is 1.59. The highest BCUT2D eigenvalue weighted by Gasteiger charge is 2.21. The second-order valence-corrected chi connectivity index (χ2v) is 7.72. The second-order valence-electron chi connectivity index (χ2n) is 6.36. The van der Waals surface area contributed by atoms with Crippen molar-refractivity contribution >= 4 is 17.7 Å². The first kappa shape index (κ1) is 17.0. The summed E-state index contributed by atoms with van der Waals surface area (Å²) in [5, 5.41) is 3.67. The molecule has 0 saturated carbocycles. The number of hydrogen-bond donors (Lipinski definition) is 1. The van der Waals surface area contributed by atoms with E-state index >= 15 is 0 Å². The number of aromatic nitrogens is 2. The summed E-state index contributed by atoms with van der Waals surface area (Å²) in [7, 11) is 0. The highest BCUT2D eigenvalue weighted by molar-refractivity contribution is 8.00. The molecule has 20 heavy (non-hydrogen) atoms. The van der Waals surface area contributed by atoms with E-state index in [9.17, 15) is 4.79 Å². The van der Waals surface area contributed by atoms with Crippen molar-refractivity contribution in [1.82, 2.24) is 15.3 Å². The van der Waals surface area contributed by atoms with E-state index in [1.807, 2.05) is 40.7 Å². The molecule has 0 aliphatic rings. The first-order chi connectivity index (χ1) is 9.08. The molecule has 1 rings (SSSR count). The average Bonchev–Trinajstić information content (AvgIpc) is 2.25. The van der Waals surface area contributed by atoms with Crippen LogP contribution in [0, 0.1) is 6.92 Å². The summed E-state index contributed by atoms with van der Waals surface area (Å²) in [5.74, 6) is 1.15. The van der Waals surface area contributed by atoms with Gasteiger partial charge in [0.2, 0.25) is 5.91 Å². The zero-order valence-electron chi connectivity index (χ0n) is 13.4. The summed E-state index contributed by atoms with van der Waals surface area (Å²) in [4.78, 5) is 21.0. The number of carbonyl (C=O) groups is 1. The summed E-state index contributed by atoms with van der Waals surface area (Å²) in [6.07, 6.45) is 0. The molecule has 5 heteroatoms. The van der Waals surface area contributed by atoms with Crippen molar-refractivity contribution in [2.24, 2.45) is 0 Å². The zero-order valence-corrected chi connectivity index (χ0v) is 14.3. The molecule has 1 heterocycles. The van der Waals surface area contributed by atoms with E-state index in [0.717, 1.165) is 16.5 Å². The molecule has 4 nitrogen and oxygen atoms in total. The van der Waals surface area contributed by atoms with Gasteiger partial charge in [-0.3, -0.25) is 4.79 Å². The highest BCUT2D eigenvalue weighted by Crippen LogP contribution is 2.24. The van der Waals surface area contributed by atoms with E-state index in [1.165, 1.54) is 11.8 Å². The summed E-state index contributed by atoms with van der Waals surface area (Å²) >= 11 is 1.47. The topological polar surface area (TPSA) is 54.9 Å². The van der Waals surface area contributed by atoms with Crippen molar-refractivity contribution in [2.45, 2.75) is 70.2 Å². The fourth-order valence-corrected chi connectivity index (χ4v) is 2.50. The Bertz CT molecular complexity index is 480. The van der Waals surface area contributed by atoms with E-state index in [0.29, 0.717) is 0 Å². The Morgan fingerprint density at radius 1 is 1.25 bits per heavy atom. The highest BCUT2D eigenvalue weighted by atomic mass is 32.2. The lowest BCUT2D eigenvalue weighted by molar-refractivity contribution is -0.121. The Labute approximate surface area is 126 Å². The van der Waals surface area contributed by atoms with E-state index in [1.54, 1.807) is 0 Å². The lowest BCUT2D eigenvalue weighted by Gasteiger charge is -2.23. The van der Waals surface area contributed by atoms with Gasteiger partial charge in [0.25, 0.3) is 0 Å². The Kier molecular flexibility index (Phi) is 5.57. The number of rotatable bonds is 4. The third-order valence-electron chi connectivity index (χ3n) is 2.53. The van der Waals surface area contributed by atoms with Gasteiger partial charge >= 0.3 is 0 Å². The van der Waals surface area contributed by atoms with Gasteiger partial charge in [-0.15, -0.1) is 0 Å². The summed E-state index contributed by atoms with van der Waals surface area (Å²) in [6, 6.07) is 1.93. The van der Waals surface area contributed by atoms with Crippen LogP contribution in [-0.4, -0.2) is 26.7 Å². The minimum Gasteiger partial charge on any atom is -0.351 e. The summed E-state index contributed by atoms with van der Waals surface area (Å²) in [5.41, 5.74) is 0.728. The minimum atomic E-state index is -0.212. The normalized spacial score (nSPS) is 13.4. The molecule has 0 spiro atoms. The second kappa shape index (κ2) is 6.57. The number of thioether (sulfide) groups is 1. The molecule has 0 fully saturated rings. The van der Waals surface area contributed by atoms with Gasteiger partial charge in [0.1, 0.15) is 10.9 Å². The Morgan fingerprint density at radius 3 is 2.35 bits per heavy atom. The number of amides is 1. The van der Waals surface area contributed by atoms with E-state index in [2.05, 4.69) is 29.1 Å². The van der Waals surface area contributed by atoms with Crippen LogP contribution in [0.25, 0.3) is 0 Å². The van der Waals surface area contributed by atoms with Crippen molar-refractivity contribution in [1.29, 1.82) is 0 Å². The van der Waals surface area contributed by atoms with Crippen LogP contribution in [0.5, 0.6) is 0 Å². The lowest BCUT2D eigenvalue weighted by Crippen LogP contribution is -2.44. The molecule has 1 amide bonds. The van der Waals surface area contributed by atoms with Crippen molar-refractivity contribution in [3.05, 3.63) is 17.6 Å². The summed E-state index contributed by atoms with van der Waals surface area (Å²) in [6.45, 7) is 13.9. The van der Waals surface area contributed by atoms with Crippen LogP contribution < -0.4 is 5.32 Å². The molecule has 1 N–H and O–H groups in total. The van der Waals surface area contributed by atoms with Crippen LogP contribution in [0.2, 0.25) is 0 Å². The first-order valence-electron chi connectivity index (χ1n) is 6.93. The number of carbonyl (C=O) groups excluding carboxylic acids is 1. The molecular weight excluding hydrogens is 270 g/mol. The van der Waals surface area contributed by atoms with E-state index < -0.39 is 0 Å². The largest absolute Gasteiger partial charge is 0.351 e. The number of aryl methyl sites for hydroxylation is 1. The molecule has 0 aliphatic heterocycles. The standard InChI is InChI=1S/C15H25N3OS/c1-9(2)13-16-10(3)8-12(17-13)20-11(4)14(19)18-15(5,6)7/h8-9,11H,1-7H3,(H,18,19)/t11-/m0/s1. The molecule has 0 aromatic carbocycles. The molecule has 112 valence electrons. The van der Waals surface area contributed by atoms with Gasteiger partial charge in [-0.05, 0) is 40.7 Å². The van der Waals surface area contributed by atoms with Gasteiger partial charge in [-0.2, -0.15) is 0 Å². The maximum Gasteiger partial charge on any atom is 0.233 e. The van der Waals surface area contributed by atoms with Gasteiger partial charge in [-0.1, -0.05) is 25.6 Å². The fraction of sp³-hybridized carbons (Fsp3) is 0.667. The van der Waals surface area contributed by atoms with Gasteiger partial charge < -0.3 is 5.32 Å². The minimum absolute atomic E-state index is 0.0323. The van der Waals surface area contributed by atoms with Gasteiger partial charge in [0, 0.05) is 17.2 Å². The maximum absolute atomic E-state index is 12.1. The Morgan fingerprint density at radius 2 is 1.85 bits per heavy atom. The van der Waals surface area contributed by atoms with Crippen molar-refractivity contribution < 1.29 is 4.79 Å². The smallest absolute Gasteiger partial charge is 0.233 e. The molecule has 0 aliphatic carbocycles. The van der Waals surface area contributed by atoms with E-state index in [4.69, 9.17) is 0 Å². The predicted octanol–water partition coefficient (Wildman–Crippen LogP) is 3.30. The molecule has 1 aromatic heterocycles. The van der Waals surface area contributed by atoms with Crippen LogP contribution in [0.3, 0.4) is 0 Å². The maximum atomic E-state index is 12.1. The monoisotopic (exact) mass is 295 g/mol. The van der Waals surface area contributed by atoms with Gasteiger partial charge in [0.15, 0.2) is 0 Å². The third-order valence-corrected chi connectivity index (χ3v) is 3.55. The number of nitrogens with one attached hydrogen (secondary N) is 1. The Hall–Kier alpha value is -1.10. The number of hydrogen-bond acceptors (Lipinski definition) is 4.